The number of aromatic nitrogens is 3. The van der Waals surface area contributed by atoms with Crippen molar-refractivity contribution in [3.05, 3.63) is 53.6 Å². The molecule has 1 N–H and O–H groups in total. The molecule has 3 aromatic rings. The Bertz CT molecular complexity index is 981. The van der Waals surface area contributed by atoms with Crippen LogP contribution in [-0.4, -0.2) is 39.4 Å². The van der Waals surface area contributed by atoms with Crippen molar-refractivity contribution in [3.63, 3.8) is 0 Å². The lowest BCUT2D eigenvalue weighted by atomic mass is 9.93. The zero-order valence-corrected chi connectivity index (χ0v) is 15.3. The monoisotopic (exact) mass is 362 g/mol. The Labute approximate surface area is 157 Å². The summed E-state index contributed by atoms with van der Waals surface area (Å²) in [5.41, 5.74) is 1.56. The minimum absolute atomic E-state index is 0.0790. The number of aryl methyl sites for hydroxylation is 1. The summed E-state index contributed by atoms with van der Waals surface area (Å²) >= 11 is 0. The second-order valence-corrected chi connectivity index (χ2v) is 7.07. The smallest absolute Gasteiger partial charge is 0.172 e. The third-order valence-electron chi connectivity index (χ3n) is 5.24. The molecule has 1 aliphatic rings. The predicted molar refractivity (Wildman–Crippen MR) is 104 cm³/mol. The van der Waals surface area contributed by atoms with E-state index in [9.17, 15) is 9.90 Å². The molecule has 3 heterocycles. The molecule has 2 aromatic heterocycles. The topological polar surface area (TPSA) is 79.2 Å². The van der Waals surface area contributed by atoms with Gasteiger partial charge in [0.15, 0.2) is 12.0 Å². The molecule has 138 valence electrons. The fourth-order valence-electron chi connectivity index (χ4n) is 3.68. The van der Waals surface area contributed by atoms with Crippen LogP contribution in [0.5, 0.6) is 5.75 Å². The lowest BCUT2D eigenvalue weighted by Crippen LogP contribution is -2.35. The summed E-state index contributed by atoms with van der Waals surface area (Å²) in [6.45, 7) is 3.57. The van der Waals surface area contributed by atoms with Crippen molar-refractivity contribution in [1.82, 2.24) is 15.0 Å². The molecule has 0 atom stereocenters. The fraction of sp³-hybridized carbons (Fsp3) is 0.333. The Morgan fingerprint density at radius 1 is 1.11 bits per heavy atom. The Morgan fingerprint density at radius 2 is 1.89 bits per heavy atom. The van der Waals surface area contributed by atoms with E-state index in [2.05, 4.69) is 33.1 Å². The maximum atomic E-state index is 11.1. The van der Waals surface area contributed by atoms with Gasteiger partial charge in [0, 0.05) is 24.9 Å². The van der Waals surface area contributed by atoms with Gasteiger partial charge in [-0.15, -0.1) is 0 Å². The number of aldehydes is 1. The molecule has 0 saturated carbocycles. The maximum absolute atomic E-state index is 11.1. The number of carbonyl (C=O) groups is 1. The highest BCUT2D eigenvalue weighted by Gasteiger charge is 2.22. The number of anilines is 1. The molecule has 1 aliphatic heterocycles. The molecule has 0 bridgehead atoms. The minimum atomic E-state index is -0.119. The quantitative estimate of drug-likeness (QED) is 0.717. The maximum Gasteiger partial charge on any atom is 0.172 e. The first-order valence-corrected chi connectivity index (χ1v) is 9.26. The molecule has 1 aromatic carbocycles. The molecule has 0 radical (unpaired) electrons. The van der Waals surface area contributed by atoms with E-state index in [1.807, 2.05) is 18.2 Å². The van der Waals surface area contributed by atoms with E-state index < -0.39 is 0 Å². The SMILES string of the molecule is Cc1nc(CC2CCN(c3ccc4ccccc4n3)CC2)nc(C=O)c1O. The van der Waals surface area contributed by atoms with Gasteiger partial charge in [-0.05, 0) is 43.9 Å². The summed E-state index contributed by atoms with van der Waals surface area (Å²) in [4.78, 5) is 26.7. The number of rotatable bonds is 4. The number of aromatic hydroxyl groups is 1. The zero-order valence-electron chi connectivity index (χ0n) is 15.3. The van der Waals surface area contributed by atoms with Gasteiger partial charge in [0.1, 0.15) is 17.3 Å². The Hall–Kier alpha value is -3.02. The number of nitrogens with zero attached hydrogens (tertiary/aromatic N) is 4. The van der Waals surface area contributed by atoms with Gasteiger partial charge in [-0.2, -0.15) is 0 Å². The first-order chi connectivity index (χ1) is 13.1. The van der Waals surface area contributed by atoms with Crippen LogP contribution < -0.4 is 4.90 Å². The molecule has 6 nitrogen and oxygen atoms in total. The second kappa shape index (κ2) is 7.31. The Kier molecular flexibility index (Phi) is 4.71. The number of para-hydroxylation sites is 1. The van der Waals surface area contributed by atoms with Gasteiger partial charge in [-0.3, -0.25) is 4.79 Å². The van der Waals surface area contributed by atoms with E-state index in [1.165, 1.54) is 0 Å². The van der Waals surface area contributed by atoms with E-state index in [-0.39, 0.29) is 11.4 Å². The molecule has 1 fully saturated rings. The van der Waals surface area contributed by atoms with Gasteiger partial charge in [0.05, 0.1) is 11.2 Å². The fourth-order valence-corrected chi connectivity index (χ4v) is 3.68. The van der Waals surface area contributed by atoms with Crippen molar-refractivity contribution in [3.8, 4) is 5.75 Å². The molecular weight excluding hydrogens is 340 g/mol. The number of hydrogen-bond donors (Lipinski definition) is 1. The summed E-state index contributed by atoms with van der Waals surface area (Å²) < 4.78 is 0. The van der Waals surface area contributed by atoms with Crippen molar-refractivity contribution in [2.75, 3.05) is 18.0 Å². The van der Waals surface area contributed by atoms with Crippen molar-refractivity contribution in [2.45, 2.75) is 26.2 Å². The number of hydrogen-bond acceptors (Lipinski definition) is 6. The number of piperidine rings is 1. The summed E-state index contributed by atoms with van der Waals surface area (Å²) in [6, 6.07) is 12.4. The summed E-state index contributed by atoms with van der Waals surface area (Å²) in [5.74, 6) is 2.00. The largest absolute Gasteiger partial charge is 0.504 e. The van der Waals surface area contributed by atoms with Crippen LogP contribution in [0.15, 0.2) is 36.4 Å². The molecule has 0 spiro atoms. The summed E-state index contributed by atoms with van der Waals surface area (Å²) in [5, 5.41) is 10.9. The van der Waals surface area contributed by atoms with Crippen LogP contribution >= 0.6 is 0 Å². The molecule has 4 rings (SSSR count). The second-order valence-electron chi connectivity index (χ2n) is 7.07. The first kappa shape index (κ1) is 17.4. The highest BCUT2D eigenvalue weighted by Crippen LogP contribution is 2.26. The minimum Gasteiger partial charge on any atom is -0.504 e. The molecule has 0 unspecified atom stereocenters. The molecule has 6 heteroatoms. The normalized spacial score (nSPS) is 15.2. The first-order valence-electron chi connectivity index (χ1n) is 9.26. The third-order valence-corrected chi connectivity index (χ3v) is 5.24. The van der Waals surface area contributed by atoms with E-state index in [1.54, 1.807) is 6.92 Å². The van der Waals surface area contributed by atoms with E-state index in [4.69, 9.17) is 4.98 Å². The third kappa shape index (κ3) is 3.60. The van der Waals surface area contributed by atoms with Crippen LogP contribution in [0.2, 0.25) is 0 Å². The van der Waals surface area contributed by atoms with Crippen LogP contribution in [0.25, 0.3) is 10.9 Å². The molecule has 27 heavy (non-hydrogen) atoms. The van der Waals surface area contributed by atoms with Crippen molar-refractivity contribution in [1.29, 1.82) is 0 Å². The number of fused-ring (bicyclic) bond motifs is 1. The predicted octanol–water partition coefficient (Wildman–Crippen LogP) is 3.31. The lowest BCUT2D eigenvalue weighted by Gasteiger charge is -2.32. The number of carbonyl (C=O) groups excluding carboxylic acids is 1. The highest BCUT2D eigenvalue weighted by atomic mass is 16.3. The van der Waals surface area contributed by atoms with Gasteiger partial charge >= 0.3 is 0 Å². The van der Waals surface area contributed by atoms with Crippen molar-refractivity contribution < 1.29 is 9.90 Å². The van der Waals surface area contributed by atoms with E-state index >= 15 is 0 Å². The van der Waals surface area contributed by atoms with Crippen LogP contribution in [0.3, 0.4) is 0 Å². The van der Waals surface area contributed by atoms with E-state index in [0.717, 1.165) is 49.1 Å². The van der Waals surface area contributed by atoms with Crippen LogP contribution in [0.1, 0.15) is 34.8 Å². The molecule has 0 aliphatic carbocycles. The number of benzene rings is 1. The highest BCUT2D eigenvalue weighted by molar-refractivity contribution is 5.80. The van der Waals surface area contributed by atoms with Gasteiger partial charge in [-0.1, -0.05) is 18.2 Å². The summed E-state index contributed by atoms with van der Waals surface area (Å²) in [7, 11) is 0. The van der Waals surface area contributed by atoms with Crippen LogP contribution in [0, 0.1) is 12.8 Å². The van der Waals surface area contributed by atoms with E-state index in [0.29, 0.717) is 23.7 Å². The Morgan fingerprint density at radius 3 is 2.67 bits per heavy atom. The van der Waals surface area contributed by atoms with Crippen molar-refractivity contribution in [2.24, 2.45) is 5.92 Å². The zero-order chi connectivity index (χ0) is 18.8. The van der Waals surface area contributed by atoms with Crippen LogP contribution in [0.4, 0.5) is 5.82 Å². The molecule has 0 amide bonds. The summed E-state index contributed by atoms with van der Waals surface area (Å²) in [6.07, 6.45) is 3.35. The van der Waals surface area contributed by atoms with Gasteiger partial charge in [0.25, 0.3) is 0 Å². The van der Waals surface area contributed by atoms with Gasteiger partial charge in [-0.25, -0.2) is 15.0 Å². The molecule has 1 saturated heterocycles. The average Bonchev–Trinajstić information content (AvgIpc) is 2.71. The average molecular weight is 362 g/mol. The van der Waals surface area contributed by atoms with Crippen molar-refractivity contribution >= 4 is 23.0 Å². The van der Waals surface area contributed by atoms with Gasteiger partial charge in [0.2, 0.25) is 0 Å². The Balaban J connectivity index is 1.42. The standard InChI is InChI=1S/C21H22N4O2/c1-14-21(27)18(13-26)23-19(22-14)12-15-8-10-25(11-9-15)20-7-6-16-4-2-3-5-17(16)24-20/h2-7,13,15,27H,8-12H2,1H3. The lowest BCUT2D eigenvalue weighted by molar-refractivity contribution is 0.111. The molecular formula is C21H22N4O2. The number of pyridine rings is 1. The van der Waals surface area contributed by atoms with Crippen LogP contribution in [-0.2, 0) is 6.42 Å². The van der Waals surface area contributed by atoms with Gasteiger partial charge < -0.3 is 10.0 Å².